The number of nitrogens with zero attached hydrogens (tertiary/aromatic N) is 2. The minimum absolute atomic E-state index is 0.0246. The standard InChI is InChI=1S/C19H19N3OS/c1-2-14-5-3-4-6-16(14)21-18(23)7-8-19-22-17(13-24-19)15-9-11-20-12-10-15/h3-6,9-13H,2,7-8H2,1H3,(H,21,23). The van der Waals surface area contributed by atoms with E-state index in [-0.39, 0.29) is 5.91 Å². The van der Waals surface area contributed by atoms with Crippen molar-refractivity contribution in [3.8, 4) is 11.3 Å². The van der Waals surface area contributed by atoms with E-state index in [0.717, 1.165) is 33.9 Å². The highest BCUT2D eigenvalue weighted by Crippen LogP contribution is 2.22. The third-order valence-electron chi connectivity index (χ3n) is 3.77. The molecule has 0 fully saturated rings. The van der Waals surface area contributed by atoms with E-state index in [1.54, 1.807) is 23.7 Å². The molecule has 0 atom stereocenters. The van der Waals surface area contributed by atoms with Crippen LogP contribution < -0.4 is 5.32 Å². The summed E-state index contributed by atoms with van der Waals surface area (Å²) in [5.41, 5.74) is 4.05. The maximum Gasteiger partial charge on any atom is 0.224 e. The third-order valence-corrected chi connectivity index (χ3v) is 4.67. The van der Waals surface area contributed by atoms with Crippen molar-refractivity contribution in [1.82, 2.24) is 9.97 Å². The highest BCUT2D eigenvalue weighted by Gasteiger charge is 2.09. The fourth-order valence-corrected chi connectivity index (χ4v) is 3.27. The average Bonchev–Trinajstić information content (AvgIpc) is 3.10. The molecule has 1 amide bonds. The number of carbonyl (C=O) groups excluding carboxylic acids is 1. The van der Waals surface area contributed by atoms with E-state index in [1.165, 1.54) is 0 Å². The Kier molecular flexibility index (Phi) is 5.33. The topological polar surface area (TPSA) is 54.9 Å². The number of anilines is 1. The molecular formula is C19H19N3OS. The van der Waals surface area contributed by atoms with Crippen LogP contribution in [0.25, 0.3) is 11.3 Å². The second-order valence-corrected chi connectivity index (χ2v) is 6.36. The lowest BCUT2D eigenvalue weighted by Crippen LogP contribution is -2.13. The molecule has 0 aliphatic rings. The van der Waals surface area contributed by atoms with Crippen LogP contribution in [-0.2, 0) is 17.6 Å². The lowest BCUT2D eigenvalue weighted by Gasteiger charge is -2.09. The number of amides is 1. The van der Waals surface area contributed by atoms with Gasteiger partial charge in [0.15, 0.2) is 0 Å². The molecule has 24 heavy (non-hydrogen) atoms. The Bertz CT molecular complexity index is 814. The number of aryl methyl sites for hydroxylation is 2. The van der Waals surface area contributed by atoms with Gasteiger partial charge in [0.2, 0.25) is 5.91 Å². The van der Waals surface area contributed by atoms with Crippen LogP contribution in [0.3, 0.4) is 0 Å². The van der Waals surface area contributed by atoms with Crippen molar-refractivity contribution in [3.63, 3.8) is 0 Å². The van der Waals surface area contributed by atoms with Crippen molar-refractivity contribution >= 4 is 22.9 Å². The maximum atomic E-state index is 12.2. The molecule has 2 heterocycles. The lowest BCUT2D eigenvalue weighted by molar-refractivity contribution is -0.116. The fourth-order valence-electron chi connectivity index (χ4n) is 2.46. The van der Waals surface area contributed by atoms with Gasteiger partial charge in [-0.1, -0.05) is 25.1 Å². The third kappa shape index (κ3) is 4.06. The number of rotatable bonds is 6. The van der Waals surface area contributed by atoms with Crippen LogP contribution in [0.5, 0.6) is 0 Å². The molecule has 0 unspecified atom stereocenters. The normalized spacial score (nSPS) is 10.5. The summed E-state index contributed by atoms with van der Waals surface area (Å²) in [6.07, 6.45) is 5.50. The van der Waals surface area contributed by atoms with Gasteiger partial charge in [0, 0.05) is 41.9 Å². The van der Waals surface area contributed by atoms with Crippen molar-refractivity contribution in [3.05, 3.63) is 64.7 Å². The number of para-hydroxylation sites is 1. The summed E-state index contributed by atoms with van der Waals surface area (Å²) in [5, 5.41) is 6.00. The van der Waals surface area contributed by atoms with Gasteiger partial charge in [-0.15, -0.1) is 11.3 Å². The first-order chi connectivity index (χ1) is 11.8. The van der Waals surface area contributed by atoms with Gasteiger partial charge in [-0.3, -0.25) is 9.78 Å². The molecule has 1 aromatic carbocycles. The average molecular weight is 337 g/mol. The highest BCUT2D eigenvalue weighted by atomic mass is 32.1. The SMILES string of the molecule is CCc1ccccc1NC(=O)CCc1nc(-c2ccncc2)cs1. The van der Waals surface area contributed by atoms with Crippen LogP contribution >= 0.6 is 11.3 Å². The van der Waals surface area contributed by atoms with Gasteiger partial charge in [-0.25, -0.2) is 4.98 Å². The van der Waals surface area contributed by atoms with Crippen LogP contribution in [-0.4, -0.2) is 15.9 Å². The van der Waals surface area contributed by atoms with E-state index in [2.05, 4.69) is 22.2 Å². The second kappa shape index (κ2) is 7.84. The zero-order valence-electron chi connectivity index (χ0n) is 13.5. The molecule has 5 heteroatoms. The smallest absolute Gasteiger partial charge is 0.224 e. The minimum Gasteiger partial charge on any atom is -0.326 e. The van der Waals surface area contributed by atoms with Crippen LogP contribution in [0.2, 0.25) is 0 Å². The summed E-state index contributed by atoms with van der Waals surface area (Å²) in [6, 6.07) is 11.8. The van der Waals surface area contributed by atoms with Gasteiger partial charge in [0.1, 0.15) is 0 Å². The van der Waals surface area contributed by atoms with E-state index in [0.29, 0.717) is 12.8 Å². The number of carbonyl (C=O) groups is 1. The van der Waals surface area contributed by atoms with Gasteiger partial charge in [-0.2, -0.15) is 0 Å². The first kappa shape index (κ1) is 16.3. The Morgan fingerprint density at radius 3 is 2.75 bits per heavy atom. The summed E-state index contributed by atoms with van der Waals surface area (Å²) < 4.78 is 0. The van der Waals surface area contributed by atoms with Crippen molar-refractivity contribution in [2.75, 3.05) is 5.32 Å². The predicted octanol–water partition coefficient (Wildman–Crippen LogP) is 4.34. The monoisotopic (exact) mass is 337 g/mol. The van der Waals surface area contributed by atoms with Gasteiger partial charge >= 0.3 is 0 Å². The Hall–Kier alpha value is -2.53. The fraction of sp³-hybridized carbons (Fsp3) is 0.211. The first-order valence-corrected chi connectivity index (χ1v) is 8.87. The van der Waals surface area contributed by atoms with Gasteiger partial charge in [-0.05, 0) is 30.2 Å². The Morgan fingerprint density at radius 2 is 1.96 bits per heavy atom. The largest absolute Gasteiger partial charge is 0.326 e. The number of pyridine rings is 1. The van der Waals surface area contributed by atoms with Crippen LogP contribution in [0.15, 0.2) is 54.2 Å². The molecule has 4 nitrogen and oxygen atoms in total. The molecule has 1 N–H and O–H groups in total. The van der Waals surface area contributed by atoms with Gasteiger partial charge in [0.25, 0.3) is 0 Å². The second-order valence-electron chi connectivity index (χ2n) is 5.42. The number of hydrogen-bond acceptors (Lipinski definition) is 4. The molecule has 3 rings (SSSR count). The number of nitrogens with one attached hydrogen (secondary N) is 1. The number of hydrogen-bond donors (Lipinski definition) is 1. The molecule has 0 bridgehead atoms. The number of benzene rings is 1. The maximum absolute atomic E-state index is 12.2. The van der Waals surface area contributed by atoms with Crippen LogP contribution in [0.1, 0.15) is 23.9 Å². The lowest BCUT2D eigenvalue weighted by atomic mass is 10.1. The molecule has 0 radical (unpaired) electrons. The highest BCUT2D eigenvalue weighted by molar-refractivity contribution is 7.09. The van der Waals surface area contributed by atoms with Crippen molar-refractivity contribution in [2.45, 2.75) is 26.2 Å². The Morgan fingerprint density at radius 1 is 1.17 bits per heavy atom. The molecule has 3 aromatic rings. The van der Waals surface area contributed by atoms with E-state index in [9.17, 15) is 4.79 Å². The van der Waals surface area contributed by atoms with Crippen molar-refractivity contribution in [2.24, 2.45) is 0 Å². The summed E-state index contributed by atoms with van der Waals surface area (Å²) in [5.74, 6) is 0.0246. The Balaban J connectivity index is 1.58. The zero-order valence-corrected chi connectivity index (χ0v) is 14.3. The van der Waals surface area contributed by atoms with Crippen LogP contribution in [0, 0.1) is 0 Å². The summed E-state index contributed by atoms with van der Waals surface area (Å²) in [6.45, 7) is 2.08. The zero-order chi connectivity index (χ0) is 16.8. The van der Waals surface area contributed by atoms with E-state index < -0.39 is 0 Å². The Labute approximate surface area is 145 Å². The summed E-state index contributed by atoms with van der Waals surface area (Å²) in [4.78, 5) is 20.8. The van der Waals surface area contributed by atoms with E-state index in [1.807, 2.05) is 41.8 Å². The minimum atomic E-state index is 0.0246. The molecule has 0 aliphatic heterocycles. The van der Waals surface area contributed by atoms with Gasteiger partial charge in [0.05, 0.1) is 10.7 Å². The molecule has 0 saturated heterocycles. The molecule has 0 spiro atoms. The molecular weight excluding hydrogens is 318 g/mol. The summed E-state index contributed by atoms with van der Waals surface area (Å²) in [7, 11) is 0. The summed E-state index contributed by atoms with van der Waals surface area (Å²) >= 11 is 1.59. The predicted molar refractivity (Wildman–Crippen MR) is 98.1 cm³/mol. The van der Waals surface area contributed by atoms with Crippen molar-refractivity contribution in [1.29, 1.82) is 0 Å². The van der Waals surface area contributed by atoms with E-state index >= 15 is 0 Å². The van der Waals surface area contributed by atoms with Crippen molar-refractivity contribution < 1.29 is 4.79 Å². The molecule has 0 aliphatic carbocycles. The number of thiazole rings is 1. The van der Waals surface area contributed by atoms with E-state index in [4.69, 9.17) is 0 Å². The molecule has 122 valence electrons. The van der Waals surface area contributed by atoms with Gasteiger partial charge < -0.3 is 5.32 Å². The number of aromatic nitrogens is 2. The molecule has 2 aromatic heterocycles. The first-order valence-electron chi connectivity index (χ1n) is 7.99. The quantitative estimate of drug-likeness (QED) is 0.728. The van der Waals surface area contributed by atoms with Crippen LogP contribution in [0.4, 0.5) is 5.69 Å². The molecule has 0 saturated carbocycles.